The molecule has 11 heavy (non-hydrogen) atoms. The number of hydrogen-bond acceptors (Lipinski definition) is 2. The van der Waals surface area contributed by atoms with Crippen LogP contribution in [0.2, 0.25) is 0 Å². The summed E-state index contributed by atoms with van der Waals surface area (Å²) in [5.41, 5.74) is 6.79. The highest BCUT2D eigenvalue weighted by Crippen LogP contribution is 1.94. The van der Waals surface area contributed by atoms with E-state index in [-0.39, 0.29) is 0 Å². The van der Waals surface area contributed by atoms with Gasteiger partial charge in [0.25, 0.3) is 0 Å². The van der Waals surface area contributed by atoms with Crippen molar-refractivity contribution in [1.82, 2.24) is 0 Å². The van der Waals surface area contributed by atoms with Crippen LogP contribution in [0.4, 0.5) is 0 Å². The van der Waals surface area contributed by atoms with Gasteiger partial charge >= 0.3 is 0 Å². The monoisotopic (exact) mass is 152 g/mol. The molecular weight excluding hydrogens is 140 g/mol. The molecule has 0 aliphatic heterocycles. The fraction of sp³-hybridized carbons (Fsp3) is 0.375. The van der Waals surface area contributed by atoms with Crippen LogP contribution in [0.3, 0.4) is 0 Å². The topological polar surface area (TPSA) is 53.0 Å². The van der Waals surface area contributed by atoms with Gasteiger partial charge < -0.3 is 10.9 Å². The number of pyridine rings is 1. The van der Waals surface area contributed by atoms with Crippen LogP contribution in [-0.4, -0.2) is 6.54 Å². The van der Waals surface area contributed by atoms with E-state index in [9.17, 15) is 5.21 Å². The predicted molar refractivity (Wildman–Crippen MR) is 42.9 cm³/mol. The Bertz CT molecular complexity index is 248. The molecule has 0 atom stereocenters. The minimum Gasteiger partial charge on any atom is -0.618 e. The number of nitrogens with two attached hydrogens (primary N) is 1. The van der Waals surface area contributed by atoms with E-state index in [0.717, 1.165) is 16.1 Å². The summed E-state index contributed by atoms with van der Waals surface area (Å²) in [6, 6.07) is 5.45. The third-order valence-electron chi connectivity index (χ3n) is 1.61. The van der Waals surface area contributed by atoms with Crippen LogP contribution in [0, 0.1) is 12.1 Å². The van der Waals surface area contributed by atoms with Crippen molar-refractivity contribution >= 4 is 0 Å². The Balaban J connectivity index is 2.96. The summed E-state index contributed by atoms with van der Waals surface area (Å²) in [5, 5.41) is 11.2. The molecule has 0 saturated carbocycles. The van der Waals surface area contributed by atoms with E-state index < -0.39 is 0 Å². The van der Waals surface area contributed by atoms with Crippen molar-refractivity contribution < 1.29 is 4.73 Å². The Morgan fingerprint density at radius 2 is 2.27 bits per heavy atom. The Hall–Kier alpha value is -1.09. The number of hydrogen-bond donors (Lipinski definition) is 1. The lowest BCUT2D eigenvalue weighted by Crippen LogP contribution is -2.35. The summed E-state index contributed by atoms with van der Waals surface area (Å²) in [5.74, 6) is 0. The lowest BCUT2D eigenvalue weighted by atomic mass is 10.2. The molecule has 60 valence electrons. The van der Waals surface area contributed by atoms with Gasteiger partial charge in [0.1, 0.15) is 0 Å². The maximum Gasteiger partial charge on any atom is 0.194 e. The van der Waals surface area contributed by atoms with Crippen molar-refractivity contribution in [2.24, 2.45) is 5.73 Å². The molecule has 3 nitrogen and oxygen atoms in total. The zero-order valence-electron chi connectivity index (χ0n) is 6.58. The van der Waals surface area contributed by atoms with Crippen molar-refractivity contribution in [3.8, 4) is 0 Å². The second kappa shape index (κ2) is 3.34. The standard InChI is InChI=1S/C8H12N2O/c1-7-3-2-4-8(5-6-9)10(7)11/h2-4H,5-6,9H2,1H3. The van der Waals surface area contributed by atoms with Gasteiger partial charge in [0.15, 0.2) is 11.4 Å². The zero-order chi connectivity index (χ0) is 8.27. The maximum absolute atomic E-state index is 11.2. The zero-order valence-corrected chi connectivity index (χ0v) is 6.58. The van der Waals surface area contributed by atoms with Gasteiger partial charge in [-0.1, -0.05) is 0 Å². The number of aryl methyl sites for hydroxylation is 1. The van der Waals surface area contributed by atoms with Gasteiger partial charge in [-0.2, -0.15) is 4.73 Å². The van der Waals surface area contributed by atoms with Crippen molar-refractivity contribution in [1.29, 1.82) is 0 Å². The molecule has 0 aromatic carbocycles. The SMILES string of the molecule is Cc1cccc(CCN)[n+]1[O-]. The maximum atomic E-state index is 11.2. The largest absolute Gasteiger partial charge is 0.618 e. The molecule has 1 heterocycles. The molecule has 0 amide bonds. The summed E-state index contributed by atoms with van der Waals surface area (Å²) >= 11 is 0. The minimum atomic E-state index is 0.520. The average molecular weight is 152 g/mol. The Morgan fingerprint density at radius 3 is 2.91 bits per heavy atom. The van der Waals surface area contributed by atoms with Crippen molar-refractivity contribution in [2.75, 3.05) is 6.54 Å². The third-order valence-corrected chi connectivity index (χ3v) is 1.61. The summed E-state index contributed by atoms with van der Waals surface area (Å²) in [4.78, 5) is 0. The third kappa shape index (κ3) is 1.68. The van der Waals surface area contributed by atoms with E-state index in [1.807, 2.05) is 6.07 Å². The fourth-order valence-electron chi connectivity index (χ4n) is 0.993. The van der Waals surface area contributed by atoms with E-state index in [1.54, 1.807) is 19.1 Å². The number of rotatable bonds is 2. The van der Waals surface area contributed by atoms with Crippen LogP contribution in [0.1, 0.15) is 11.4 Å². The minimum absolute atomic E-state index is 0.520. The normalized spacial score (nSPS) is 10.0. The van der Waals surface area contributed by atoms with Crippen LogP contribution >= 0.6 is 0 Å². The fourth-order valence-corrected chi connectivity index (χ4v) is 0.993. The molecule has 3 heteroatoms. The van der Waals surface area contributed by atoms with Gasteiger partial charge in [-0.05, 0) is 6.07 Å². The summed E-state index contributed by atoms with van der Waals surface area (Å²) in [6.45, 7) is 2.30. The average Bonchev–Trinajstić information content (AvgIpc) is 1.99. The van der Waals surface area contributed by atoms with E-state index in [0.29, 0.717) is 13.0 Å². The Morgan fingerprint density at radius 1 is 1.55 bits per heavy atom. The first-order chi connectivity index (χ1) is 5.25. The first-order valence-electron chi connectivity index (χ1n) is 3.64. The summed E-state index contributed by atoms with van der Waals surface area (Å²) < 4.78 is 0.923. The molecule has 0 unspecified atom stereocenters. The summed E-state index contributed by atoms with van der Waals surface area (Å²) in [7, 11) is 0. The molecule has 0 aliphatic carbocycles. The molecule has 0 radical (unpaired) electrons. The molecule has 0 bridgehead atoms. The molecule has 0 aliphatic rings. The van der Waals surface area contributed by atoms with Crippen LogP contribution in [0.5, 0.6) is 0 Å². The van der Waals surface area contributed by atoms with E-state index in [4.69, 9.17) is 5.73 Å². The van der Waals surface area contributed by atoms with Crippen molar-refractivity contribution in [3.05, 3.63) is 34.8 Å². The second-order valence-corrected chi connectivity index (χ2v) is 2.49. The molecule has 0 fully saturated rings. The van der Waals surface area contributed by atoms with Gasteiger partial charge in [-0.15, -0.1) is 0 Å². The molecule has 2 N–H and O–H groups in total. The molecule has 1 aromatic heterocycles. The molecule has 0 spiro atoms. The quantitative estimate of drug-likeness (QED) is 0.483. The number of nitrogens with zero attached hydrogens (tertiary/aromatic N) is 1. The van der Waals surface area contributed by atoms with Crippen LogP contribution < -0.4 is 10.5 Å². The molecule has 0 saturated heterocycles. The van der Waals surface area contributed by atoms with E-state index >= 15 is 0 Å². The van der Waals surface area contributed by atoms with Gasteiger partial charge in [-0.3, -0.25) is 0 Å². The lowest BCUT2D eigenvalue weighted by molar-refractivity contribution is -0.620. The molecular formula is C8H12N2O. The van der Waals surface area contributed by atoms with Crippen molar-refractivity contribution in [3.63, 3.8) is 0 Å². The highest BCUT2D eigenvalue weighted by Gasteiger charge is 2.04. The highest BCUT2D eigenvalue weighted by atomic mass is 16.5. The first-order valence-corrected chi connectivity index (χ1v) is 3.64. The van der Waals surface area contributed by atoms with Gasteiger partial charge in [0, 0.05) is 32.0 Å². The van der Waals surface area contributed by atoms with E-state index in [1.165, 1.54) is 0 Å². The smallest absolute Gasteiger partial charge is 0.194 e. The van der Waals surface area contributed by atoms with Crippen LogP contribution in [0.25, 0.3) is 0 Å². The molecule has 1 rings (SSSR count). The highest BCUT2D eigenvalue weighted by molar-refractivity contribution is 5.03. The first kappa shape index (κ1) is 8.01. The second-order valence-electron chi connectivity index (χ2n) is 2.49. The van der Waals surface area contributed by atoms with Gasteiger partial charge in [0.2, 0.25) is 0 Å². The van der Waals surface area contributed by atoms with Crippen LogP contribution in [0.15, 0.2) is 18.2 Å². The number of aromatic nitrogens is 1. The Labute approximate surface area is 66.0 Å². The van der Waals surface area contributed by atoms with Gasteiger partial charge in [0.05, 0.1) is 0 Å². The Kier molecular flexibility index (Phi) is 2.44. The summed E-state index contributed by atoms with van der Waals surface area (Å²) in [6.07, 6.45) is 0.644. The predicted octanol–water partition coefficient (Wildman–Crippen LogP) is 0.130. The lowest BCUT2D eigenvalue weighted by Gasteiger charge is -2.04. The van der Waals surface area contributed by atoms with Gasteiger partial charge in [-0.25, -0.2) is 0 Å². The van der Waals surface area contributed by atoms with Crippen LogP contribution in [-0.2, 0) is 6.42 Å². The van der Waals surface area contributed by atoms with E-state index in [2.05, 4.69) is 0 Å². The van der Waals surface area contributed by atoms with Crippen molar-refractivity contribution in [2.45, 2.75) is 13.3 Å². The molecule has 1 aromatic rings.